The SMILES string of the molecule is CC(=O)N[C@H]1[C@@H](OCc2cccc(Br)c2)O[C@@H](COC(C)=O)[C@@H](OC(C)=O)[C@H]1OC(C)=O. The lowest BCUT2D eigenvalue weighted by molar-refractivity contribution is -0.280. The van der Waals surface area contributed by atoms with Crippen molar-refractivity contribution in [2.45, 2.75) is 64.9 Å². The van der Waals surface area contributed by atoms with Crippen LogP contribution in [0.15, 0.2) is 28.7 Å². The van der Waals surface area contributed by atoms with Crippen LogP contribution >= 0.6 is 15.9 Å². The molecule has 0 saturated carbocycles. The van der Waals surface area contributed by atoms with Gasteiger partial charge in [-0.3, -0.25) is 19.2 Å². The number of hydrogen-bond donors (Lipinski definition) is 1. The fourth-order valence-corrected chi connectivity index (χ4v) is 3.68. The molecule has 1 heterocycles. The second-order valence-electron chi connectivity index (χ2n) is 7.16. The topological polar surface area (TPSA) is 126 Å². The zero-order valence-corrected chi connectivity index (χ0v) is 19.7. The maximum absolute atomic E-state index is 11.9. The van der Waals surface area contributed by atoms with E-state index in [1.54, 1.807) is 0 Å². The third-order valence-corrected chi connectivity index (χ3v) is 4.87. The van der Waals surface area contributed by atoms with Crippen molar-refractivity contribution in [2.24, 2.45) is 0 Å². The van der Waals surface area contributed by atoms with Gasteiger partial charge in [0.05, 0.1) is 6.61 Å². The van der Waals surface area contributed by atoms with Crippen molar-refractivity contribution in [1.29, 1.82) is 0 Å². The third kappa shape index (κ3) is 7.88. The van der Waals surface area contributed by atoms with E-state index in [1.807, 2.05) is 24.3 Å². The van der Waals surface area contributed by atoms with Crippen molar-refractivity contribution in [3.63, 3.8) is 0 Å². The summed E-state index contributed by atoms with van der Waals surface area (Å²) in [6, 6.07) is 6.37. The first kappa shape index (κ1) is 25.8. The summed E-state index contributed by atoms with van der Waals surface area (Å²) in [6.07, 6.45) is -4.42. The van der Waals surface area contributed by atoms with Gasteiger partial charge in [0.2, 0.25) is 5.91 Å². The Kier molecular flexibility index (Phi) is 9.60. The molecule has 2 rings (SSSR count). The van der Waals surface area contributed by atoms with E-state index in [1.165, 1.54) is 27.7 Å². The molecule has 0 aromatic heterocycles. The van der Waals surface area contributed by atoms with E-state index in [0.29, 0.717) is 0 Å². The second kappa shape index (κ2) is 11.9. The normalized spacial score (nSPS) is 24.8. The van der Waals surface area contributed by atoms with Crippen LogP contribution in [0.1, 0.15) is 33.3 Å². The quantitative estimate of drug-likeness (QED) is 0.405. The van der Waals surface area contributed by atoms with Crippen LogP contribution in [0.4, 0.5) is 0 Å². The summed E-state index contributed by atoms with van der Waals surface area (Å²) >= 11 is 3.39. The van der Waals surface area contributed by atoms with Gasteiger partial charge in [-0.2, -0.15) is 0 Å². The van der Waals surface area contributed by atoms with E-state index >= 15 is 0 Å². The first-order valence-corrected chi connectivity index (χ1v) is 10.6. The number of ether oxygens (including phenoxy) is 5. The Morgan fingerprint density at radius 1 is 1.00 bits per heavy atom. The lowest BCUT2D eigenvalue weighted by Gasteiger charge is -2.44. The van der Waals surface area contributed by atoms with E-state index in [2.05, 4.69) is 21.2 Å². The number of hydrogen-bond acceptors (Lipinski definition) is 9. The highest BCUT2D eigenvalue weighted by molar-refractivity contribution is 9.10. The van der Waals surface area contributed by atoms with Gasteiger partial charge in [-0.15, -0.1) is 0 Å². The molecular weight excluding hydrogens is 490 g/mol. The molecular formula is C21H26BrNO9. The van der Waals surface area contributed by atoms with Gasteiger partial charge < -0.3 is 29.0 Å². The fraction of sp³-hybridized carbons (Fsp3) is 0.524. The predicted molar refractivity (Wildman–Crippen MR) is 113 cm³/mol. The monoisotopic (exact) mass is 515 g/mol. The first-order valence-electron chi connectivity index (χ1n) is 9.83. The molecule has 10 nitrogen and oxygen atoms in total. The Bertz CT molecular complexity index is 846. The van der Waals surface area contributed by atoms with E-state index < -0.39 is 54.5 Å². The highest BCUT2D eigenvalue weighted by Gasteiger charge is 2.51. The maximum Gasteiger partial charge on any atom is 0.303 e. The van der Waals surface area contributed by atoms with Gasteiger partial charge in [0.1, 0.15) is 18.8 Å². The van der Waals surface area contributed by atoms with Crippen LogP contribution in [0.2, 0.25) is 0 Å². The predicted octanol–water partition coefficient (Wildman–Crippen LogP) is 1.62. The molecule has 0 spiro atoms. The molecule has 1 aromatic carbocycles. The van der Waals surface area contributed by atoms with Gasteiger partial charge in [0, 0.05) is 32.2 Å². The molecule has 1 fully saturated rings. The van der Waals surface area contributed by atoms with Gasteiger partial charge in [-0.1, -0.05) is 28.1 Å². The van der Waals surface area contributed by atoms with Crippen molar-refractivity contribution >= 4 is 39.7 Å². The number of halogens is 1. The molecule has 1 aliphatic heterocycles. The van der Waals surface area contributed by atoms with E-state index in [0.717, 1.165) is 10.0 Å². The lowest BCUT2D eigenvalue weighted by Crippen LogP contribution is -2.66. The number of carbonyl (C=O) groups is 4. The number of benzene rings is 1. The minimum Gasteiger partial charge on any atom is -0.463 e. The molecule has 1 saturated heterocycles. The Labute approximate surface area is 194 Å². The molecule has 0 unspecified atom stereocenters. The summed E-state index contributed by atoms with van der Waals surface area (Å²) < 4.78 is 28.5. The van der Waals surface area contributed by atoms with Crippen molar-refractivity contribution < 1.29 is 42.9 Å². The highest BCUT2D eigenvalue weighted by atomic mass is 79.9. The van der Waals surface area contributed by atoms with Crippen molar-refractivity contribution in [1.82, 2.24) is 5.32 Å². The zero-order valence-electron chi connectivity index (χ0n) is 18.2. The van der Waals surface area contributed by atoms with Crippen molar-refractivity contribution in [2.75, 3.05) is 6.61 Å². The number of carbonyl (C=O) groups excluding carboxylic acids is 4. The van der Waals surface area contributed by atoms with E-state index in [4.69, 9.17) is 23.7 Å². The molecule has 0 aliphatic carbocycles. The molecule has 1 aliphatic rings. The van der Waals surface area contributed by atoms with Gasteiger partial charge in [-0.05, 0) is 17.7 Å². The number of esters is 3. The van der Waals surface area contributed by atoms with Crippen LogP contribution in [0, 0.1) is 0 Å². The van der Waals surface area contributed by atoms with Crippen LogP contribution in [0.3, 0.4) is 0 Å². The first-order chi connectivity index (χ1) is 15.1. The van der Waals surface area contributed by atoms with E-state index in [-0.39, 0.29) is 13.2 Å². The molecule has 0 radical (unpaired) electrons. The minimum absolute atomic E-state index is 0.103. The van der Waals surface area contributed by atoms with Crippen LogP contribution in [-0.4, -0.2) is 61.1 Å². The standard InChI is InChI=1S/C21H26BrNO9/c1-11(24)23-18-20(31-14(4)27)19(30-13(3)26)17(10-28-12(2)25)32-21(18)29-9-15-6-5-7-16(22)8-15/h5-8,17-21H,9-10H2,1-4H3,(H,23,24)/t17-,18+,19+,20-,21-/m0/s1. The highest BCUT2D eigenvalue weighted by Crippen LogP contribution is 2.28. The number of amides is 1. The number of nitrogens with one attached hydrogen (secondary N) is 1. The molecule has 5 atom stereocenters. The van der Waals surface area contributed by atoms with Gasteiger partial charge in [0.15, 0.2) is 18.5 Å². The van der Waals surface area contributed by atoms with Gasteiger partial charge in [-0.25, -0.2) is 0 Å². The zero-order chi connectivity index (χ0) is 23.8. The molecule has 176 valence electrons. The summed E-state index contributed by atoms with van der Waals surface area (Å²) in [5.41, 5.74) is 0.812. The average molecular weight is 516 g/mol. The third-order valence-electron chi connectivity index (χ3n) is 4.37. The Morgan fingerprint density at radius 3 is 2.22 bits per heavy atom. The second-order valence-corrected chi connectivity index (χ2v) is 8.08. The van der Waals surface area contributed by atoms with Crippen LogP contribution in [0.25, 0.3) is 0 Å². The van der Waals surface area contributed by atoms with Gasteiger partial charge >= 0.3 is 17.9 Å². The maximum atomic E-state index is 11.9. The molecule has 1 N–H and O–H groups in total. The summed E-state index contributed by atoms with van der Waals surface area (Å²) in [5, 5.41) is 2.65. The molecule has 1 aromatic rings. The van der Waals surface area contributed by atoms with Gasteiger partial charge in [0.25, 0.3) is 0 Å². The summed E-state index contributed by atoms with van der Waals surface area (Å²) in [5.74, 6) is -2.35. The van der Waals surface area contributed by atoms with Crippen LogP contribution < -0.4 is 5.32 Å². The van der Waals surface area contributed by atoms with Crippen LogP contribution in [0.5, 0.6) is 0 Å². The Hall–Kier alpha value is -2.50. The lowest BCUT2D eigenvalue weighted by atomic mass is 9.96. The molecule has 0 bridgehead atoms. The minimum atomic E-state index is -1.15. The summed E-state index contributed by atoms with van der Waals surface area (Å²) in [7, 11) is 0. The van der Waals surface area contributed by atoms with Crippen molar-refractivity contribution in [3.05, 3.63) is 34.3 Å². The molecule has 11 heteroatoms. The van der Waals surface area contributed by atoms with Crippen molar-refractivity contribution in [3.8, 4) is 0 Å². The Balaban J connectivity index is 2.36. The van der Waals surface area contributed by atoms with Crippen LogP contribution in [-0.2, 0) is 49.5 Å². The average Bonchev–Trinajstić information content (AvgIpc) is 2.67. The Morgan fingerprint density at radius 2 is 1.66 bits per heavy atom. The summed E-state index contributed by atoms with van der Waals surface area (Å²) in [6.45, 7) is 4.68. The van der Waals surface area contributed by atoms with E-state index in [9.17, 15) is 19.2 Å². The smallest absolute Gasteiger partial charge is 0.303 e. The molecule has 1 amide bonds. The molecule has 32 heavy (non-hydrogen) atoms. The number of rotatable bonds is 8. The largest absolute Gasteiger partial charge is 0.463 e. The fourth-order valence-electron chi connectivity index (χ4n) is 3.24. The summed E-state index contributed by atoms with van der Waals surface area (Å²) in [4.78, 5) is 46.8.